The Bertz CT molecular complexity index is 472. The standard InChI is InChI=1S/C15H26N4OS/c1-12-17-13(10-21-12)9-18-5-7-19(8-6-18)14(20)16-11-15(2,3)4/h10H,5-9,11H2,1-4H3,(H,16,20). The van der Waals surface area contributed by atoms with E-state index in [0.29, 0.717) is 6.54 Å². The molecule has 0 atom stereocenters. The Kier molecular flexibility index (Phi) is 5.22. The number of piperazine rings is 1. The van der Waals surface area contributed by atoms with Crippen molar-refractivity contribution in [2.45, 2.75) is 34.2 Å². The van der Waals surface area contributed by atoms with E-state index in [0.717, 1.165) is 43.4 Å². The molecule has 0 aromatic carbocycles. The van der Waals surface area contributed by atoms with Crippen LogP contribution in [-0.2, 0) is 6.54 Å². The first-order valence-corrected chi connectivity index (χ1v) is 8.37. The van der Waals surface area contributed by atoms with E-state index in [-0.39, 0.29) is 11.4 Å². The second-order valence-electron chi connectivity index (χ2n) is 6.84. The van der Waals surface area contributed by atoms with Crippen LogP contribution in [0.2, 0.25) is 0 Å². The number of nitrogens with one attached hydrogen (secondary N) is 1. The van der Waals surface area contributed by atoms with Crippen LogP contribution >= 0.6 is 11.3 Å². The van der Waals surface area contributed by atoms with Gasteiger partial charge in [0.1, 0.15) is 0 Å². The molecule has 1 aromatic rings. The zero-order chi connectivity index (χ0) is 15.5. The number of urea groups is 1. The third-order valence-electron chi connectivity index (χ3n) is 3.48. The van der Waals surface area contributed by atoms with Crippen LogP contribution < -0.4 is 5.32 Å². The summed E-state index contributed by atoms with van der Waals surface area (Å²) in [4.78, 5) is 20.9. The lowest BCUT2D eigenvalue weighted by Crippen LogP contribution is -2.52. The number of aryl methyl sites for hydroxylation is 1. The van der Waals surface area contributed by atoms with Crippen molar-refractivity contribution >= 4 is 17.4 Å². The summed E-state index contributed by atoms with van der Waals surface area (Å²) in [6.45, 7) is 13.4. The van der Waals surface area contributed by atoms with E-state index in [9.17, 15) is 4.79 Å². The summed E-state index contributed by atoms with van der Waals surface area (Å²) >= 11 is 1.69. The molecule has 2 rings (SSSR count). The van der Waals surface area contributed by atoms with Crippen molar-refractivity contribution < 1.29 is 4.79 Å². The van der Waals surface area contributed by atoms with Gasteiger partial charge in [0.15, 0.2) is 0 Å². The summed E-state index contributed by atoms with van der Waals surface area (Å²) in [5.74, 6) is 0. The molecule has 0 spiro atoms. The van der Waals surface area contributed by atoms with Gasteiger partial charge in [0.25, 0.3) is 0 Å². The van der Waals surface area contributed by atoms with Crippen molar-refractivity contribution in [1.29, 1.82) is 0 Å². The highest BCUT2D eigenvalue weighted by Gasteiger charge is 2.22. The van der Waals surface area contributed by atoms with Crippen molar-refractivity contribution in [2.75, 3.05) is 32.7 Å². The Morgan fingerprint density at radius 1 is 1.33 bits per heavy atom. The summed E-state index contributed by atoms with van der Waals surface area (Å²) in [7, 11) is 0. The first-order valence-electron chi connectivity index (χ1n) is 7.50. The van der Waals surface area contributed by atoms with E-state index in [1.807, 2.05) is 11.8 Å². The van der Waals surface area contributed by atoms with E-state index in [2.05, 4.69) is 41.4 Å². The topological polar surface area (TPSA) is 48.5 Å². The van der Waals surface area contributed by atoms with E-state index < -0.39 is 0 Å². The Morgan fingerprint density at radius 3 is 2.52 bits per heavy atom. The number of rotatable bonds is 3. The molecule has 0 bridgehead atoms. The largest absolute Gasteiger partial charge is 0.337 e. The lowest BCUT2D eigenvalue weighted by atomic mass is 9.97. The zero-order valence-electron chi connectivity index (χ0n) is 13.5. The van der Waals surface area contributed by atoms with Crippen molar-refractivity contribution in [3.63, 3.8) is 0 Å². The minimum atomic E-state index is 0.0640. The van der Waals surface area contributed by atoms with Crippen LogP contribution in [0.5, 0.6) is 0 Å². The normalized spacial score (nSPS) is 17.0. The molecular formula is C15H26N4OS. The second-order valence-corrected chi connectivity index (χ2v) is 7.90. The van der Waals surface area contributed by atoms with Crippen molar-refractivity contribution in [2.24, 2.45) is 5.41 Å². The monoisotopic (exact) mass is 310 g/mol. The maximum atomic E-state index is 12.1. The van der Waals surface area contributed by atoms with Gasteiger partial charge in [-0.05, 0) is 12.3 Å². The Morgan fingerprint density at radius 2 is 2.00 bits per heavy atom. The van der Waals surface area contributed by atoms with Gasteiger partial charge in [0.2, 0.25) is 0 Å². The molecule has 2 amide bonds. The summed E-state index contributed by atoms with van der Waals surface area (Å²) in [6.07, 6.45) is 0. The number of aromatic nitrogens is 1. The quantitative estimate of drug-likeness (QED) is 0.932. The zero-order valence-corrected chi connectivity index (χ0v) is 14.3. The van der Waals surface area contributed by atoms with Crippen molar-refractivity contribution in [3.05, 3.63) is 16.1 Å². The molecule has 1 N–H and O–H groups in total. The molecule has 0 radical (unpaired) electrons. The molecule has 0 saturated carbocycles. The average molecular weight is 310 g/mol. The summed E-state index contributed by atoms with van der Waals surface area (Å²) in [5.41, 5.74) is 1.27. The van der Waals surface area contributed by atoms with Crippen LogP contribution in [-0.4, -0.2) is 53.5 Å². The predicted molar refractivity (Wildman–Crippen MR) is 86.6 cm³/mol. The highest BCUT2D eigenvalue weighted by atomic mass is 32.1. The molecule has 0 aliphatic carbocycles. The molecule has 1 aliphatic rings. The second kappa shape index (κ2) is 6.75. The fourth-order valence-electron chi connectivity index (χ4n) is 2.27. The van der Waals surface area contributed by atoms with E-state index in [1.54, 1.807) is 11.3 Å². The number of carbonyl (C=O) groups is 1. The SMILES string of the molecule is Cc1nc(CN2CCN(C(=O)NCC(C)(C)C)CC2)cs1. The van der Waals surface area contributed by atoms with Gasteiger partial charge in [-0.3, -0.25) is 4.90 Å². The van der Waals surface area contributed by atoms with Gasteiger partial charge in [-0.15, -0.1) is 11.3 Å². The molecule has 0 unspecified atom stereocenters. The first kappa shape index (κ1) is 16.2. The minimum absolute atomic E-state index is 0.0640. The third kappa shape index (κ3) is 5.28. The van der Waals surface area contributed by atoms with E-state index in [1.165, 1.54) is 0 Å². The van der Waals surface area contributed by atoms with Gasteiger partial charge < -0.3 is 10.2 Å². The molecule has 21 heavy (non-hydrogen) atoms. The molecule has 6 heteroatoms. The Labute approximate surface area is 131 Å². The van der Waals surface area contributed by atoms with Crippen LogP contribution in [0.25, 0.3) is 0 Å². The fraction of sp³-hybridized carbons (Fsp3) is 0.733. The van der Waals surface area contributed by atoms with Gasteiger partial charge in [-0.25, -0.2) is 9.78 Å². The van der Waals surface area contributed by atoms with Crippen LogP contribution in [0.15, 0.2) is 5.38 Å². The minimum Gasteiger partial charge on any atom is -0.337 e. The smallest absolute Gasteiger partial charge is 0.317 e. The van der Waals surface area contributed by atoms with Crippen LogP contribution in [0, 0.1) is 12.3 Å². The number of nitrogens with zero attached hydrogens (tertiary/aromatic N) is 3. The maximum absolute atomic E-state index is 12.1. The molecular weight excluding hydrogens is 284 g/mol. The molecule has 1 fully saturated rings. The molecule has 5 nitrogen and oxygen atoms in total. The fourth-order valence-corrected chi connectivity index (χ4v) is 2.88. The summed E-state index contributed by atoms with van der Waals surface area (Å²) in [5, 5.41) is 6.26. The lowest BCUT2D eigenvalue weighted by molar-refractivity contribution is 0.132. The van der Waals surface area contributed by atoms with Crippen molar-refractivity contribution in [1.82, 2.24) is 20.1 Å². The van der Waals surface area contributed by atoms with Gasteiger partial charge in [0, 0.05) is 44.6 Å². The number of carbonyl (C=O) groups excluding carboxylic acids is 1. The summed E-state index contributed by atoms with van der Waals surface area (Å²) < 4.78 is 0. The molecule has 1 aromatic heterocycles. The highest BCUT2D eigenvalue weighted by molar-refractivity contribution is 7.09. The number of amides is 2. The number of hydrogen-bond acceptors (Lipinski definition) is 4. The van der Waals surface area contributed by atoms with Crippen LogP contribution in [0.3, 0.4) is 0 Å². The van der Waals surface area contributed by atoms with Gasteiger partial charge in [0.05, 0.1) is 10.7 Å². The van der Waals surface area contributed by atoms with E-state index >= 15 is 0 Å². The Hall–Kier alpha value is -1.14. The summed E-state index contributed by atoms with van der Waals surface area (Å²) in [6, 6.07) is 0.0640. The third-order valence-corrected chi connectivity index (χ3v) is 4.30. The van der Waals surface area contributed by atoms with Crippen molar-refractivity contribution in [3.8, 4) is 0 Å². The average Bonchev–Trinajstić information content (AvgIpc) is 2.81. The van der Waals surface area contributed by atoms with Gasteiger partial charge >= 0.3 is 6.03 Å². The van der Waals surface area contributed by atoms with Crippen LogP contribution in [0.4, 0.5) is 4.79 Å². The molecule has 1 aliphatic heterocycles. The maximum Gasteiger partial charge on any atom is 0.317 e. The number of thiazole rings is 1. The number of hydrogen-bond donors (Lipinski definition) is 1. The van der Waals surface area contributed by atoms with Gasteiger partial charge in [-0.2, -0.15) is 0 Å². The first-order chi connectivity index (χ1) is 9.83. The van der Waals surface area contributed by atoms with Gasteiger partial charge in [-0.1, -0.05) is 20.8 Å². The lowest BCUT2D eigenvalue weighted by Gasteiger charge is -2.35. The molecule has 2 heterocycles. The van der Waals surface area contributed by atoms with Crippen LogP contribution in [0.1, 0.15) is 31.5 Å². The molecule has 118 valence electrons. The Balaban J connectivity index is 1.74. The predicted octanol–water partition coefficient (Wildman–Crippen LogP) is 2.32. The molecule has 1 saturated heterocycles. The van der Waals surface area contributed by atoms with E-state index in [4.69, 9.17) is 0 Å². The highest BCUT2D eigenvalue weighted by Crippen LogP contribution is 2.13.